The van der Waals surface area contributed by atoms with Crippen molar-refractivity contribution in [2.45, 2.75) is 20.6 Å². The number of rotatable bonds is 1. The zero-order chi connectivity index (χ0) is 26.3. The Morgan fingerprint density at radius 1 is 0.839 bits per heavy atom. The number of aromatic nitrogens is 2. The van der Waals surface area contributed by atoms with Gasteiger partial charge < -0.3 is 4.42 Å². The summed E-state index contributed by atoms with van der Waals surface area (Å²) in [5, 5.41) is 4.96. The first-order valence-electron chi connectivity index (χ1n) is 13.1. The predicted molar refractivity (Wildman–Crippen MR) is 127 cm³/mol. The van der Waals surface area contributed by atoms with E-state index in [0.29, 0.717) is 22.6 Å². The summed E-state index contributed by atoms with van der Waals surface area (Å²) in [6, 6.07) is 19.7. The zero-order valence-electron chi connectivity index (χ0n) is 23.2. The Bertz CT molecular complexity index is 1880. The van der Waals surface area contributed by atoms with E-state index in [0.717, 1.165) is 38.0 Å². The molecule has 3 heteroatoms. The van der Waals surface area contributed by atoms with Gasteiger partial charge in [0, 0.05) is 36.0 Å². The quantitative estimate of drug-likeness (QED) is 0.223. The molecule has 3 aromatic carbocycles. The van der Waals surface area contributed by atoms with Crippen LogP contribution in [0.25, 0.3) is 55.0 Å². The summed E-state index contributed by atoms with van der Waals surface area (Å²) >= 11 is 0. The largest absolute Gasteiger partial charge is 0.437 e. The van der Waals surface area contributed by atoms with Gasteiger partial charge in [-0.05, 0) is 54.7 Å². The minimum absolute atomic E-state index is 0.187. The van der Waals surface area contributed by atoms with Crippen LogP contribution in [0.1, 0.15) is 24.9 Å². The van der Waals surface area contributed by atoms with Crippen LogP contribution in [0.3, 0.4) is 0 Å². The average molecular weight is 410 g/mol. The molecular weight excluding hydrogens is 380 g/mol. The Kier molecular flexibility index (Phi) is 2.65. The van der Waals surface area contributed by atoms with Crippen molar-refractivity contribution < 1.29 is 17.2 Å². The molecule has 0 amide bonds. The molecule has 0 unspecified atom stereocenters. The van der Waals surface area contributed by atoms with Crippen LogP contribution in [-0.4, -0.2) is 4.98 Å². The number of fused-ring (bicyclic) bond motifs is 6. The van der Waals surface area contributed by atoms with Gasteiger partial charge in [-0.2, -0.15) is 0 Å². The Morgan fingerprint density at radius 2 is 1.71 bits per heavy atom. The number of pyridine rings is 2. The van der Waals surface area contributed by atoms with Crippen molar-refractivity contribution in [3.05, 3.63) is 83.6 Å². The maximum atomic E-state index is 8.02. The van der Waals surface area contributed by atoms with Gasteiger partial charge in [-0.15, -0.1) is 0 Å². The second-order valence-electron chi connectivity index (χ2n) is 8.03. The van der Waals surface area contributed by atoms with Crippen molar-refractivity contribution in [3.8, 4) is 11.3 Å². The molecule has 0 spiro atoms. The number of benzene rings is 3. The SMILES string of the molecule is [2H]C([2H])([2H])c1cc(-c2c(C)ccc3c2oc2nc4ccc5ccccc5c4cc23)[n+](C)cc1C([2H])([2H])[2H]. The minimum atomic E-state index is -2.59. The second-order valence-corrected chi connectivity index (χ2v) is 8.03. The summed E-state index contributed by atoms with van der Waals surface area (Å²) in [4.78, 5) is 4.82. The molecule has 0 aliphatic heterocycles. The van der Waals surface area contributed by atoms with E-state index in [9.17, 15) is 0 Å². The molecule has 3 nitrogen and oxygen atoms in total. The van der Waals surface area contributed by atoms with Gasteiger partial charge in [-0.1, -0.05) is 42.5 Å². The van der Waals surface area contributed by atoms with Crippen molar-refractivity contribution >= 4 is 43.7 Å². The topological polar surface area (TPSA) is 29.9 Å². The Morgan fingerprint density at radius 3 is 2.58 bits per heavy atom. The van der Waals surface area contributed by atoms with Gasteiger partial charge in [-0.3, -0.25) is 0 Å². The Balaban J connectivity index is 1.69. The molecule has 0 bridgehead atoms. The highest BCUT2D eigenvalue weighted by molar-refractivity contribution is 6.15. The number of aryl methyl sites for hydroxylation is 4. The molecule has 150 valence electrons. The standard InChI is InChI=1S/C28H23N2O/c1-16-9-11-21-23-14-22-20-8-6-5-7-19(20)10-12-24(22)29-28(23)31-27(21)26(16)25-13-17(2)18(3)15-30(25)4/h5-15H,1-4H3/q+1/i2D3,3D3. The van der Waals surface area contributed by atoms with Crippen LogP contribution in [0.2, 0.25) is 0 Å². The van der Waals surface area contributed by atoms with Crippen LogP contribution in [0, 0.1) is 20.6 Å². The lowest BCUT2D eigenvalue weighted by Gasteiger charge is -2.07. The molecule has 0 saturated carbocycles. The van der Waals surface area contributed by atoms with Crippen LogP contribution in [-0.2, 0) is 7.05 Å². The molecule has 0 radical (unpaired) electrons. The molecule has 0 aliphatic rings. The number of nitrogens with zero attached hydrogens (tertiary/aromatic N) is 2. The van der Waals surface area contributed by atoms with E-state index in [-0.39, 0.29) is 11.1 Å². The number of hydrogen-bond acceptors (Lipinski definition) is 2. The highest BCUT2D eigenvalue weighted by atomic mass is 16.3. The monoisotopic (exact) mass is 409 g/mol. The summed E-state index contributed by atoms with van der Waals surface area (Å²) < 4.78 is 55.7. The van der Waals surface area contributed by atoms with E-state index in [1.54, 1.807) is 11.6 Å². The first kappa shape index (κ1) is 12.9. The van der Waals surface area contributed by atoms with Gasteiger partial charge in [0.15, 0.2) is 11.8 Å². The first-order chi connectivity index (χ1) is 17.4. The summed E-state index contributed by atoms with van der Waals surface area (Å²) in [6.45, 7) is -3.23. The van der Waals surface area contributed by atoms with Crippen molar-refractivity contribution in [1.29, 1.82) is 0 Å². The van der Waals surface area contributed by atoms with Crippen molar-refractivity contribution in [3.63, 3.8) is 0 Å². The normalized spacial score (nSPS) is 15.5. The molecule has 3 heterocycles. The third kappa shape index (κ3) is 2.59. The van der Waals surface area contributed by atoms with Gasteiger partial charge >= 0.3 is 0 Å². The lowest BCUT2D eigenvalue weighted by molar-refractivity contribution is -0.660. The smallest absolute Gasteiger partial charge is 0.227 e. The minimum Gasteiger partial charge on any atom is -0.437 e. The summed E-state index contributed by atoms with van der Waals surface area (Å²) in [6.07, 6.45) is 1.39. The van der Waals surface area contributed by atoms with Crippen molar-refractivity contribution in [2.75, 3.05) is 0 Å². The fraction of sp³-hybridized carbons (Fsp3) is 0.143. The van der Waals surface area contributed by atoms with Gasteiger partial charge in [-0.25, -0.2) is 9.55 Å². The van der Waals surface area contributed by atoms with Crippen molar-refractivity contribution in [2.24, 2.45) is 7.05 Å². The molecule has 0 atom stereocenters. The summed E-state index contributed by atoms with van der Waals surface area (Å²) in [5.74, 6) is 0. The van der Waals surface area contributed by atoms with E-state index >= 15 is 0 Å². The van der Waals surface area contributed by atoms with E-state index in [1.807, 2.05) is 43.3 Å². The molecule has 31 heavy (non-hydrogen) atoms. The highest BCUT2D eigenvalue weighted by Gasteiger charge is 2.22. The lowest BCUT2D eigenvalue weighted by Crippen LogP contribution is -2.31. The van der Waals surface area contributed by atoms with Crippen LogP contribution in [0.15, 0.2) is 71.3 Å². The van der Waals surface area contributed by atoms with E-state index < -0.39 is 13.7 Å². The van der Waals surface area contributed by atoms with Crippen LogP contribution < -0.4 is 4.57 Å². The van der Waals surface area contributed by atoms with Gasteiger partial charge in [0.05, 0.1) is 11.1 Å². The van der Waals surface area contributed by atoms with E-state index in [1.165, 1.54) is 12.3 Å². The van der Waals surface area contributed by atoms with Crippen LogP contribution >= 0.6 is 0 Å². The third-order valence-corrected chi connectivity index (χ3v) is 6.07. The van der Waals surface area contributed by atoms with Gasteiger partial charge in [0.25, 0.3) is 0 Å². The summed E-state index contributed by atoms with van der Waals surface area (Å²) in [5.41, 5.74) is 3.64. The predicted octanol–water partition coefficient (Wildman–Crippen LogP) is 6.70. The first-order valence-corrected chi connectivity index (χ1v) is 10.1. The fourth-order valence-corrected chi connectivity index (χ4v) is 4.49. The molecular formula is C28H23N2O+. The highest BCUT2D eigenvalue weighted by Crippen LogP contribution is 2.38. The average Bonchev–Trinajstić information content (AvgIpc) is 3.19. The zero-order valence-corrected chi connectivity index (χ0v) is 17.2. The molecule has 6 rings (SSSR count). The number of furan rings is 1. The summed E-state index contributed by atoms with van der Waals surface area (Å²) in [7, 11) is 1.72. The van der Waals surface area contributed by atoms with Crippen LogP contribution in [0.5, 0.6) is 0 Å². The van der Waals surface area contributed by atoms with Crippen molar-refractivity contribution in [1.82, 2.24) is 4.98 Å². The molecule has 6 aromatic rings. The van der Waals surface area contributed by atoms with E-state index in [2.05, 4.69) is 18.2 Å². The molecule has 0 fully saturated rings. The molecule has 0 N–H and O–H groups in total. The Hall–Kier alpha value is -3.72. The fourth-order valence-electron chi connectivity index (χ4n) is 4.49. The molecule has 0 saturated heterocycles. The van der Waals surface area contributed by atoms with Gasteiger partial charge in [0.1, 0.15) is 7.05 Å². The maximum absolute atomic E-state index is 8.02. The Labute approximate surface area is 189 Å². The number of hydrogen-bond donors (Lipinski definition) is 0. The van der Waals surface area contributed by atoms with Crippen LogP contribution in [0.4, 0.5) is 0 Å². The molecule has 0 aliphatic carbocycles. The lowest BCUT2D eigenvalue weighted by atomic mass is 9.98. The van der Waals surface area contributed by atoms with Gasteiger partial charge in [0.2, 0.25) is 11.4 Å². The molecule has 3 aromatic heterocycles. The second kappa shape index (κ2) is 6.39. The van der Waals surface area contributed by atoms with E-state index in [4.69, 9.17) is 17.6 Å². The third-order valence-electron chi connectivity index (χ3n) is 6.07. The maximum Gasteiger partial charge on any atom is 0.227 e.